The Labute approximate surface area is 134 Å². The fourth-order valence-corrected chi connectivity index (χ4v) is 2.40. The fourth-order valence-electron chi connectivity index (χ4n) is 2.40. The number of fused-ring (bicyclic) bond motifs is 1. The van der Waals surface area contributed by atoms with E-state index in [0.717, 1.165) is 16.5 Å². The number of nitrogens with one attached hydrogen (secondary N) is 2. The largest absolute Gasteiger partial charge is 0.374 e. The van der Waals surface area contributed by atoms with Crippen LogP contribution in [-0.4, -0.2) is 11.9 Å². The Bertz CT molecular complexity index is 847. The van der Waals surface area contributed by atoms with Crippen LogP contribution in [0.1, 0.15) is 6.92 Å². The second kappa shape index (κ2) is 6.48. The highest BCUT2D eigenvalue weighted by molar-refractivity contribution is 5.96. The number of benzene rings is 3. The second-order valence-electron chi connectivity index (χ2n) is 5.40. The third kappa shape index (κ3) is 3.48. The van der Waals surface area contributed by atoms with Crippen LogP contribution in [0.5, 0.6) is 0 Å². The lowest BCUT2D eigenvalue weighted by Gasteiger charge is -2.16. The summed E-state index contributed by atoms with van der Waals surface area (Å²) in [6.07, 6.45) is 0. The van der Waals surface area contributed by atoms with E-state index in [1.807, 2.05) is 42.5 Å². The van der Waals surface area contributed by atoms with Crippen molar-refractivity contribution in [1.82, 2.24) is 0 Å². The summed E-state index contributed by atoms with van der Waals surface area (Å²) >= 11 is 0. The first-order chi connectivity index (χ1) is 11.1. The molecule has 0 aliphatic heterocycles. The molecule has 0 saturated heterocycles. The summed E-state index contributed by atoms with van der Waals surface area (Å²) in [4.78, 5) is 12.2. The molecule has 0 bridgehead atoms. The lowest BCUT2D eigenvalue weighted by Crippen LogP contribution is -2.32. The van der Waals surface area contributed by atoms with Crippen LogP contribution >= 0.6 is 0 Å². The molecule has 3 aromatic carbocycles. The van der Waals surface area contributed by atoms with Crippen LogP contribution in [0.4, 0.5) is 15.8 Å². The van der Waals surface area contributed by atoms with Crippen molar-refractivity contribution in [2.45, 2.75) is 13.0 Å². The van der Waals surface area contributed by atoms with E-state index in [4.69, 9.17) is 0 Å². The first-order valence-electron chi connectivity index (χ1n) is 7.44. The highest BCUT2D eigenvalue weighted by atomic mass is 19.1. The van der Waals surface area contributed by atoms with Crippen molar-refractivity contribution in [3.63, 3.8) is 0 Å². The van der Waals surface area contributed by atoms with Crippen LogP contribution in [-0.2, 0) is 4.79 Å². The third-order valence-corrected chi connectivity index (χ3v) is 3.66. The topological polar surface area (TPSA) is 41.1 Å². The summed E-state index contributed by atoms with van der Waals surface area (Å²) in [6.45, 7) is 1.74. The minimum absolute atomic E-state index is 0.185. The highest BCUT2D eigenvalue weighted by Crippen LogP contribution is 2.20. The molecule has 4 heteroatoms. The normalized spacial score (nSPS) is 11.9. The summed E-state index contributed by atoms with van der Waals surface area (Å²) < 4.78 is 13.6. The van der Waals surface area contributed by atoms with E-state index >= 15 is 0 Å². The quantitative estimate of drug-likeness (QED) is 0.749. The van der Waals surface area contributed by atoms with Gasteiger partial charge in [0.25, 0.3) is 0 Å². The van der Waals surface area contributed by atoms with Gasteiger partial charge in [-0.2, -0.15) is 0 Å². The first-order valence-corrected chi connectivity index (χ1v) is 7.44. The Morgan fingerprint density at radius 3 is 2.43 bits per heavy atom. The van der Waals surface area contributed by atoms with E-state index in [1.54, 1.807) is 19.1 Å². The number of carbonyl (C=O) groups is 1. The van der Waals surface area contributed by atoms with Gasteiger partial charge in [-0.3, -0.25) is 4.79 Å². The number of anilines is 2. The van der Waals surface area contributed by atoms with Gasteiger partial charge in [0.2, 0.25) is 5.91 Å². The average molecular weight is 308 g/mol. The maximum absolute atomic E-state index is 13.6. The Balaban J connectivity index is 1.71. The predicted octanol–water partition coefficient (Wildman–Crippen LogP) is 4.42. The molecule has 0 fully saturated rings. The van der Waals surface area contributed by atoms with Crippen LogP contribution < -0.4 is 10.6 Å². The van der Waals surface area contributed by atoms with Gasteiger partial charge in [-0.1, -0.05) is 42.5 Å². The summed E-state index contributed by atoms with van der Waals surface area (Å²) in [5.41, 5.74) is 1.03. The number of halogens is 1. The van der Waals surface area contributed by atoms with Crippen molar-refractivity contribution in [1.29, 1.82) is 0 Å². The molecule has 0 unspecified atom stereocenters. The Hall–Kier alpha value is -2.88. The highest BCUT2D eigenvalue weighted by Gasteiger charge is 2.14. The molecule has 0 aromatic heterocycles. The fraction of sp³-hybridized carbons (Fsp3) is 0.105. The van der Waals surface area contributed by atoms with Gasteiger partial charge < -0.3 is 10.6 Å². The van der Waals surface area contributed by atoms with Crippen LogP contribution in [0, 0.1) is 5.82 Å². The molecule has 1 amide bonds. The standard InChI is InChI=1S/C19H17FN2O/c1-13(19(23)22-18-9-5-4-8-17(18)20)21-16-11-10-14-6-2-3-7-15(14)12-16/h2-13,21H,1H3,(H,22,23)/t13-/m1/s1. The summed E-state index contributed by atoms with van der Waals surface area (Å²) in [5.74, 6) is -0.734. The number of para-hydroxylation sites is 1. The van der Waals surface area contributed by atoms with E-state index in [0.29, 0.717) is 0 Å². The molecule has 23 heavy (non-hydrogen) atoms. The molecule has 0 spiro atoms. The van der Waals surface area contributed by atoms with Gasteiger partial charge in [-0.15, -0.1) is 0 Å². The number of carbonyl (C=O) groups excluding carboxylic acids is 1. The van der Waals surface area contributed by atoms with Gasteiger partial charge in [-0.25, -0.2) is 4.39 Å². The minimum Gasteiger partial charge on any atom is -0.374 e. The molecule has 0 saturated carbocycles. The molecule has 0 aliphatic rings. The molecular weight excluding hydrogens is 291 g/mol. The lowest BCUT2D eigenvalue weighted by molar-refractivity contribution is -0.116. The van der Waals surface area contributed by atoms with Crippen molar-refractivity contribution in [3.05, 3.63) is 72.5 Å². The van der Waals surface area contributed by atoms with E-state index in [1.165, 1.54) is 12.1 Å². The van der Waals surface area contributed by atoms with Crippen LogP contribution in [0.25, 0.3) is 10.8 Å². The van der Waals surface area contributed by atoms with Gasteiger partial charge in [0.15, 0.2) is 0 Å². The Kier molecular flexibility index (Phi) is 4.24. The predicted molar refractivity (Wildman–Crippen MR) is 92.1 cm³/mol. The number of amides is 1. The van der Waals surface area contributed by atoms with E-state index in [-0.39, 0.29) is 11.6 Å². The maximum atomic E-state index is 13.6. The Morgan fingerprint density at radius 1 is 0.957 bits per heavy atom. The van der Waals surface area contributed by atoms with Gasteiger partial charge >= 0.3 is 0 Å². The molecular formula is C19H17FN2O. The van der Waals surface area contributed by atoms with Crippen molar-refractivity contribution in [2.24, 2.45) is 0 Å². The zero-order valence-electron chi connectivity index (χ0n) is 12.7. The molecule has 3 nitrogen and oxygen atoms in total. The summed E-state index contributed by atoms with van der Waals surface area (Å²) in [5, 5.41) is 7.97. The van der Waals surface area contributed by atoms with Crippen LogP contribution in [0.2, 0.25) is 0 Å². The van der Waals surface area contributed by atoms with Gasteiger partial charge in [0, 0.05) is 5.69 Å². The van der Waals surface area contributed by atoms with Gasteiger partial charge in [0.05, 0.1) is 5.69 Å². The van der Waals surface area contributed by atoms with Gasteiger partial charge in [0.1, 0.15) is 11.9 Å². The Morgan fingerprint density at radius 2 is 1.65 bits per heavy atom. The molecule has 3 aromatic rings. The monoisotopic (exact) mass is 308 g/mol. The smallest absolute Gasteiger partial charge is 0.246 e. The van der Waals surface area contributed by atoms with Crippen molar-refractivity contribution < 1.29 is 9.18 Å². The van der Waals surface area contributed by atoms with E-state index in [2.05, 4.69) is 10.6 Å². The zero-order chi connectivity index (χ0) is 16.2. The van der Waals surface area contributed by atoms with Crippen LogP contribution in [0.3, 0.4) is 0 Å². The molecule has 3 rings (SSSR count). The SMILES string of the molecule is C[C@@H](Nc1ccc2ccccc2c1)C(=O)Nc1ccccc1F. The third-order valence-electron chi connectivity index (χ3n) is 3.66. The molecule has 0 aliphatic carbocycles. The van der Waals surface area contributed by atoms with E-state index < -0.39 is 11.9 Å². The number of hydrogen-bond donors (Lipinski definition) is 2. The minimum atomic E-state index is -0.490. The first kappa shape index (κ1) is 15.0. The maximum Gasteiger partial charge on any atom is 0.246 e. The van der Waals surface area contributed by atoms with Crippen molar-refractivity contribution in [2.75, 3.05) is 10.6 Å². The average Bonchev–Trinajstić information content (AvgIpc) is 2.56. The molecule has 1 atom stereocenters. The van der Waals surface area contributed by atoms with Crippen molar-refractivity contribution in [3.8, 4) is 0 Å². The van der Waals surface area contributed by atoms with E-state index in [9.17, 15) is 9.18 Å². The summed E-state index contributed by atoms with van der Waals surface area (Å²) in [7, 11) is 0. The van der Waals surface area contributed by atoms with Crippen LogP contribution in [0.15, 0.2) is 66.7 Å². The number of hydrogen-bond acceptors (Lipinski definition) is 2. The zero-order valence-corrected chi connectivity index (χ0v) is 12.7. The van der Waals surface area contributed by atoms with Gasteiger partial charge in [-0.05, 0) is 42.0 Å². The van der Waals surface area contributed by atoms with Crippen molar-refractivity contribution >= 4 is 28.1 Å². The second-order valence-corrected chi connectivity index (χ2v) is 5.40. The molecule has 2 N–H and O–H groups in total. The molecule has 0 radical (unpaired) electrons. The number of rotatable bonds is 4. The molecule has 116 valence electrons. The summed E-state index contributed by atoms with van der Waals surface area (Å²) in [6, 6.07) is 19.6. The lowest BCUT2D eigenvalue weighted by atomic mass is 10.1. The molecule has 0 heterocycles.